The van der Waals surface area contributed by atoms with Crippen LogP contribution in [0.2, 0.25) is 0 Å². The van der Waals surface area contributed by atoms with Crippen LogP contribution in [0.15, 0.2) is 29.2 Å². The second-order valence-electron chi connectivity index (χ2n) is 6.32. The SMILES string of the molecule is CC1(CN)CCN(CC(=O)Nc2ccc(S(C)(=O)=O)cc2)C1.Cl. The summed E-state index contributed by atoms with van der Waals surface area (Å²) in [6.45, 7) is 4.77. The summed E-state index contributed by atoms with van der Waals surface area (Å²) >= 11 is 0. The van der Waals surface area contributed by atoms with Crippen molar-refractivity contribution >= 4 is 33.8 Å². The Morgan fingerprint density at radius 1 is 1.35 bits per heavy atom. The van der Waals surface area contributed by atoms with E-state index >= 15 is 0 Å². The smallest absolute Gasteiger partial charge is 0.238 e. The van der Waals surface area contributed by atoms with E-state index in [9.17, 15) is 13.2 Å². The number of halogens is 1. The van der Waals surface area contributed by atoms with Crippen LogP contribution in [0.4, 0.5) is 5.69 Å². The summed E-state index contributed by atoms with van der Waals surface area (Å²) in [5.74, 6) is -0.103. The van der Waals surface area contributed by atoms with Gasteiger partial charge in [-0.25, -0.2) is 8.42 Å². The van der Waals surface area contributed by atoms with Gasteiger partial charge in [0.1, 0.15) is 0 Å². The van der Waals surface area contributed by atoms with Crippen LogP contribution in [-0.4, -0.2) is 51.7 Å². The molecule has 0 saturated carbocycles. The molecule has 1 fully saturated rings. The number of likely N-dealkylation sites (tertiary alicyclic amines) is 1. The summed E-state index contributed by atoms with van der Waals surface area (Å²) in [5.41, 5.74) is 6.45. The fourth-order valence-electron chi connectivity index (χ4n) is 2.62. The van der Waals surface area contributed by atoms with Gasteiger partial charge in [0.15, 0.2) is 9.84 Å². The Labute approximate surface area is 143 Å². The van der Waals surface area contributed by atoms with Crippen LogP contribution in [0.3, 0.4) is 0 Å². The summed E-state index contributed by atoms with van der Waals surface area (Å²) < 4.78 is 22.8. The van der Waals surface area contributed by atoms with Gasteiger partial charge >= 0.3 is 0 Å². The number of hydrogen-bond donors (Lipinski definition) is 2. The zero-order valence-electron chi connectivity index (χ0n) is 13.4. The molecule has 0 bridgehead atoms. The van der Waals surface area contributed by atoms with Gasteiger partial charge in [-0.05, 0) is 49.2 Å². The van der Waals surface area contributed by atoms with Crippen molar-refractivity contribution in [3.8, 4) is 0 Å². The average molecular weight is 362 g/mol. The van der Waals surface area contributed by atoms with Gasteiger partial charge in [-0.2, -0.15) is 0 Å². The Kier molecular flexibility index (Phi) is 6.59. The number of nitrogens with two attached hydrogens (primary N) is 1. The molecule has 6 nitrogen and oxygen atoms in total. The van der Waals surface area contributed by atoms with E-state index in [4.69, 9.17) is 5.73 Å². The van der Waals surface area contributed by atoms with Gasteiger partial charge in [0.2, 0.25) is 5.91 Å². The monoisotopic (exact) mass is 361 g/mol. The van der Waals surface area contributed by atoms with E-state index < -0.39 is 9.84 Å². The van der Waals surface area contributed by atoms with Gasteiger partial charge in [-0.3, -0.25) is 9.69 Å². The molecule has 1 aromatic rings. The van der Waals surface area contributed by atoms with Crippen molar-refractivity contribution in [2.75, 3.05) is 37.8 Å². The van der Waals surface area contributed by atoms with Gasteiger partial charge in [-0.1, -0.05) is 6.92 Å². The zero-order chi connectivity index (χ0) is 16.4. The maximum Gasteiger partial charge on any atom is 0.238 e. The minimum Gasteiger partial charge on any atom is -0.330 e. The molecule has 0 aliphatic carbocycles. The minimum atomic E-state index is -3.22. The third-order valence-corrected chi connectivity index (χ3v) is 5.19. The molecule has 1 saturated heterocycles. The zero-order valence-corrected chi connectivity index (χ0v) is 15.0. The van der Waals surface area contributed by atoms with Crippen LogP contribution < -0.4 is 11.1 Å². The number of nitrogens with one attached hydrogen (secondary N) is 1. The standard InChI is InChI=1S/C15H23N3O3S.ClH/c1-15(10-16)7-8-18(11-15)9-14(19)17-12-3-5-13(6-4-12)22(2,20)21;/h3-6H,7-11,16H2,1-2H3,(H,17,19);1H. The lowest BCUT2D eigenvalue weighted by atomic mass is 9.90. The molecule has 1 aromatic carbocycles. The summed E-state index contributed by atoms with van der Waals surface area (Å²) in [7, 11) is -3.22. The van der Waals surface area contributed by atoms with Crippen LogP contribution in [0.5, 0.6) is 0 Å². The highest BCUT2D eigenvalue weighted by Crippen LogP contribution is 2.28. The highest BCUT2D eigenvalue weighted by molar-refractivity contribution is 7.90. The van der Waals surface area contributed by atoms with Crippen LogP contribution in [0, 0.1) is 5.41 Å². The molecule has 1 amide bonds. The maximum absolute atomic E-state index is 12.0. The van der Waals surface area contributed by atoms with Crippen LogP contribution in [-0.2, 0) is 14.6 Å². The largest absolute Gasteiger partial charge is 0.330 e. The van der Waals surface area contributed by atoms with Crippen molar-refractivity contribution in [2.45, 2.75) is 18.2 Å². The lowest BCUT2D eigenvalue weighted by Crippen LogP contribution is -2.35. The first-order chi connectivity index (χ1) is 10.2. The Hall–Kier alpha value is -1.15. The number of rotatable bonds is 5. The van der Waals surface area contributed by atoms with Crippen molar-refractivity contribution < 1.29 is 13.2 Å². The Morgan fingerprint density at radius 3 is 2.43 bits per heavy atom. The van der Waals surface area contributed by atoms with E-state index in [1.165, 1.54) is 12.1 Å². The molecule has 3 N–H and O–H groups in total. The van der Waals surface area contributed by atoms with Crippen molar-refractivity contribution in [3.63, 3.8) is 0 Å². The van der Waals surface area contributed by atoms with E-state index in [1.807, 2.05) is 0 Å². The van der Waals surface area contributed by atoms with Crippen molar-refractivity contribution in [3.05, 3.63) is 24.3 Å². The first-order valence-corrected chi connectivity index (χ1v) is 9.13. The first-order valence-electron chi connectivity index (χ1n) is 7.24. The fourth-order valence-corrected chi connectivity index (χ4v) is 3.25. The number of carbonyl (C=O) groups excluding carboxylic acids is 1. The van der Waals surface area contributed by atoms with E-state index in [0.29, 0.717) is 18.8 Å². The van der Waals surface area contributed by atoms with Gasteiger partial charge in [0.25, 0.3) is 0 Å². The van der Waals surface area contributed by atoms with E-state index in [0.717, 1.165) is 25.8 Å². The van der Waals surface area contributed by atoms with Crippen molar-refractivity contribution in [1.29, 1.82) is 0 Å². The molecule has 1 aliphatic rings. The predicted octanol–water partition coefficient (Wildman–Crippen LogP) is 1.12. The number of carbonyl (C=O) groups is 1. The second kappa shape index (κ2) is 7.61. The molecular weight excluding hydrogens is 338 g/mol. The van der Waals surface area contributed by atoms with Crippen LogP contribution >= 0.6 is 12.4 Å². The van der Waals surface area contributed by atoms with Gasteiger partial charge < -0.3 is 11.1 Å². The van der Waals surface area contributed by atoms with Gasteiger partial charge in [0.05, 0.1) is 11.4 Å². The molecule has 8 heteroatoms. The molecule has 23 heavy (non-hydrogen) atoms. The quantitative estimate of drug-likeness (QED) is 0.819. The lowest BCUT2D eigenvalue weighted by molar-refractivity contribution is -0.117. The topological polar surface area (TPSA) is 92.5 Å². The third kappa shape index (κ3) is 5.46. The normalized spacial score (nSPS) is 21.7. The Balaban J connectivity index is 0.00000264. The molecule has 0 spiro atoms. The van der Waals surface area contributed by atoms with Gasteiger partial charge in [0, 0.05) is 18.5 Å². The molecule has 1 unspecified atom stereocenters. The average Bonchev–Trinajstić information content (AvgIpc) is 2.80. The Bertz CT molecular complexity index is 648. The van der Waals surface area contributed by atoms with E-state index in [-0.39, 0.29) is 28.6 Å². The number of sulfone groups is 1. The molecule has 0 aromatic heterocycles. The summed E-state index contributed by atoms with van der Waals surface area (Å²) in [5, 5.41) is 2.79. The fraction of sp³-hybridized carbons (Fsp3) is 0.533. The second-order valence-corrected chi connectivity index (χ2v) is 8.34. The molecule has 1 atom stereocenters. The van der Waals surface area contributed by atoms with Crippen molar-refractivity contribution in [1.82, 2.24) is 4.90 Å². The van der Waals surface area contributed by atoms with E-state index in [1.54, 1.807) is 12.1 Å². The number of benzene rings is 1. The summed E-state index contributed by atoms with van der Waals surface area (Å²) in [6, 6.07) is 6.18. The highest BCUT2D eigenvalue weighted by atomic mass is 35.5. The molecular formula is C15H24ClN3O3S. The van der Waals surface area contributed by atoms with Crippen LogP contribution in [0.25, 0.3) is 0 Å². The number of nitrogens with zero attached hydrogens (tertiary/aromatic N) is 1. The van der Waals surface area contributed by atoms with Crippen LogP contribution in [0.1, 0.15) is 13.3 Å². The highest BCUT2D eigenvalue weighted by Gasteiger charge is 2.33. The number of hydrogen-bond acceptors (Lipinski definition) is 5. The summed E-state index contributed by atoms with van der Waals surface area (Å²) in [4.78, 5) is 14.4. The maximum atomic E-state index is 12.0. The summed E-state index contributed by atoms with van der Waals surface area (Å²) in [6.07, 6.45) is 2.16. The first kappa shape index (κ1) is 19.9. The number of amides is 1. The predicted molar refractivity (Wildman–Crippen MR) is 93.6 cm³/mol. The molecule has 0 radical (unpaired) electrons. The molecule has 130 valence electrons. The van der Waals surface area contributed by atoms with Gasteiger partial charge in [-0.15, -0.1) is 12.4 Å². The molecule has 1 heterocycles. The minimum absolute atomic E-state index is 0. The van der Waals surface area contributed by atoms with Crippen molar-refractivity contribution in [2.24, 2.45) is 11.1 Å². The Morgan fingerprint density at radius 2 is 1.96 bits per heavy atom. The third-order valence-electron chi connectivity index (χ3n) is 4.06. The molecule has 2 rings (SSSR count). The lowest BCUT2D eigenvalue weighted by Gasteiger charge is -2.22. The molecule has 1 aliphatic heterocycles. The van der Waals surface area contributed by atoms with E-state index in [2.05, 4.69) is 17.1 Å². The number of anilines is 1.